The lowest BCUT2D eigenvalue weighted by atomic mass is 10.0. The average molecular weight is 294 g/mol. The lowest BCUT2D eigenvalue weighted by Gasteiger charge is -2.04. The molecule has 0 atom stereocenters. The highest BCUT2D eigenvalue weighted by molar-refractivity contribution is 6.00. The van der Waals surface area contributed by atoms with Gasteiger partial charge in [0.25, 0.3) is 0 Å². The minimum absolute atomic E-state index is 0.179. The van der Waals surface area contributed by atoms with Crippen LogP contribution in [-0.2, 0) is 0 Å². The Hall–Kier alpha value is -2.15. The van der Waals surface area contributed by atoms with Gasteiger partial charge >= 0.3 is 0 Å². The van der Waals surface area contributed by atoms with E-state index in [9.17, 15) is 4.39 Å². The number of hydrogen-bond acceptors (Lipinski definition) is 0. The fourth-order valence-electron chi connectivity index (χ4n) is 2.78. The van der Waals surface area contributed by atoms with Crippen molar-refractivity contribution in [3.63, 3.8) is 0 Å². The van der Waals surface area contributed by atoms with Crippen molar-refractivity contribution in [2.45, 2.75) is 34.1 Å². The molecule has 0 N–H and O–H groups in total. The van der Waals surface area contributed by atoms with Gasteiger partial charge in [0.15, 0.2) is 0 Å². The number of halogens is 1. The summed E-state index contributed by atoms with van der Waals surface area (Å²) in [5.74, 6) is -0.179. The van der Waals surface area contributed by atoms with E-state index in [1.807, 2.05) is 19.1 Å². The normalized spacial score (nSPS) is 16.8. The van der Waals surface area contributed by atoms with Gasteiger partial charge in [-0.2, -0.15) is 0 Å². The van der Waals surface area contributed by atoms with Gasteiger partial charge in [0, 0.05) is 0 Å². The van der Waals surface area contributed by atoms with Gasteiger partial charge in [-0.15, -0.1) is 0 Å². The van der Waals surface area contributed by atoms with E-state index in [0.29, 0.717) is 0 Å². The first-order chi connectivity index (χ1) is 10.5. The maximum atomic E-state index is 13.6. The van der Waals surface area contributed by atoms with Crippen molar-refractivity contribution in [1.82, 2.24) is 0 Å². The molecule has 0 bridgehead atoms. The highest BCUT2D eigenvalue weighted by Crippen LogP contribution is 2.43. The van der Waals surface area contributed by atoms with E-state index in [1.165, 1.54) is 22.8 Å². The standard InChI is InChI=1S/C21H23F/c1-6-14(3)8-9-15(4)12-20-16(5)18(7-2)21-13-17(22)10-11-19(20)21/h6,8-13H,4,7H2,1-3,5H3/b9-8-,14-6-,20-12-. The van der Waals surface area contributed by atoms with E-state index in [0.717, 1.165) is 28.7 Å². The predicted octanol–water partition coefficient (Wildman–Crippen LogP) is 6.48. The van der Waals surface area contributed by atoms with Crippen LogP contribution in [0.25, 0.3) is 11.1 Å². The van der Waals surface area contributed by atoms with E-state index < -0.39 is 0 Å². The molecule has 1 heteroatoms. The van der Waals surface area contributed by atoms with Crippen molar-refractivity contribution < 1.29 is 4.39 Å². The predicted molar refractivity (Wildman–Crippen MR) is 95.0 cm³/mol. The molecule has 0 amide bonds. The maximum absolute atomic E-state index is 13.6. The van der Waals surface area contributed by atoms with Crippen LogP contribution in [0.1, 0.15) is 45.2 Å². The summed E-state index contributed by atoms with van der Waals surface area (Å²) in [6.07, 6.45) is 9.13. The number of rotatable bonds is 4. The summed E-state index contributed by atoms with van der Waals surface area (Å²) in [7, 11) is 0. The van der Waals surface area contributed by atoms with Gasteiger partial charge < -0.3 is 0 Å². The highest BCUT2D eigenvalue weighted by atomic mass is 19.1. The molecule has 0 radical (unpaired) electrons. The first-order valence-corrected chi connectivity index (χ1v) is 7.70. The first kappa shape index (κ1) is 16.2. The van der Waals surface area contributed by atoms with E-state index in [2.05, 4.69) is 45.6 Å². The third kappa shape index (κ3) is 3.19. The van der Waals surface area contributed by atoms with E-state index in [4.69, 9.17) is 0 Å². The second-order valence-electron chi connectivity index (χ2n) is 5.65. The Morgan fingerprint density at radius 3 is 2.59 bits per heavy atom. The molecular weight excluding hydrogens is 271 g/mol. The van der Waals surface area contributed by atoms with Crippen molar-refractivity contribution in [1.29, 1.82) is 0 Å². The molecule has 0 fully saturated rings. The minimum Gasteiger partial charge on any atom is -0.207 e. The Kier molecular flexibility index (Phi) is 4.97. The van der Waals surface area contributed by atoms with Crippen molar-refractivity contribution >= 4 is 11.1 Å². The van der Waals surface area contributed by atoms with Gasteiger partial charge in [0.2, 0.25) is 0 Å². The lowest BCUT2D eigenvalue weighted by Crippen LogP contribution is -1.86. The molecule has 0 heterocycles. The minimum atomic E-state index is -0.179. The van der Waals surface area contributed by atoms with E-state index in [1.54, 1.807) is 6.07 Å². The zero-order valence-electron chi connectivity index (χ0n) is 13.8. The van der Waals surface area contributed by atoms with Gasteiger partial charge in [-0.3, -0.25) is 0 Å². The molecule has 0 aromatic heterocycles. The fourth-order valence-corrected chi connectivity index (χ4v) is 2.78. The Balaban J connectivity index is 2.44. The third-order valence-electron chi connectivity index (χ3n) is 4.15. The smallest absolute Gasteiger partial charge is 0.123 e. The number of allylic oxidation sites excluding steroid dienone is 9. The maximum Gasteiger partial charge on any atom is 0.123 e. The largest absolute Gasteiger partial charge is 0.207 e. The summed E-state index contributed by atoms with van der Waals surface area (Å²) in [6, 6.07) is 5.04. The van der Waals surface area contributed by atoms with Crippen LogP contribution in [0.4, 0.5) is 4.39 Å². The zero-order chi connectivity index (χ0) is 16.3. The summed E-state index contributed by atoms with van der Waals surface area (Å²) in [5, 5.41) is 0. The summed E-state index contributed by atoms with van der Waals surface area (Å²) in [6.45, 7) is 12.4. The summed E-state index contributed by atoms with van der Waals surface area (Å²) in [4.78, 5) is 0. The molecule has 0 saturated heterocycles. The topological polar surface area (TPSA) is 0 Å². The van der Waals surface area contributed by atoms with Gasteiger partial charge in [0.05, 0.1) is 0 Å². The van der Waals surface area contributed by atoms with Gasteiger partial charge in [0.1, 0.15) is 5.82 Å². The van der Waals surface area contributed by atoms with Crippen LogP contribution in [-0.4, -0.2) is 0 Å². The lowest BCUT2D eigenvalue weighted by molar-refractivity contribution is 0.627. The molecule has 114 valence electrons. The number of benzene rings is 1. The second-order valence-corrected chi connectivity index (χ2v) is 5.65. The van der Waals surface area contributed by atoms with Gasteiger partial charge in [-0.25, -0.2) is 4.39 Å². The van der Waals surface area contributed by atoms with Crippen LogP contribution in [0.5, 0.6) is 0 Å². The number of hydrogen-bond donors (Lipinski definition) is 0. The molecular formula is C21H23F. The summed E-state index contributed by atoms with van der Waals surface area (Å²) >= 11 is 0. The van der Waals surface area contributed by atoms with Crippen molar-refractivity contribution in [2.75, 3.05) is 0 Å². The van der Waals surface area contributed by atoms with Crippen LogP contribution in [0.15, 0.2) is 65.8 Å². The zero-order valence-corrected chi connectivity index (χ0v) is 13.8. The molecule has 0 nitrogen and oxygen atoms in total. The van der Waals surface area contributed by atoms with Gasteiger partial charge in [-0.05, 0) is 78.8 Å². The monoisotopic (exact) mass is 294 g/mol. The molecule has 1 aromatic carbocycles. The molecule has 22 heavy (non-hydrogen) atoms. The second kappa shape index (κ2) is 6.74. The first-order valence-electron chi connectivity index (χ1n) is 7.70. The Bertz CT molecular complexity index is 724. The Morgan fingerprint density at radius 1 is 1.23 bits per heavy atom. The van der Waals surface area contributed by atoms with Crippen LogP contribution in [0.3, 0.4) is 0 Å². The molecule has 0 unspecified atom stereocenters. The molecule has 1 aromatic rings. The van der Waals surface area contributed by atoms with Crippen molar-refractivity contribution in [3.05, 3.63) is 82.7 Å². The SMILES string of the molecule is C=C(/C=C\C(C)=C/C)/C=C1/C(C)=C(CC)c2cc(F)ccc21. The fraction of sp³-hybridized carbons (Fsp3) is 0.238. The van der Waals surface area contributed by atoms with E-state index in [-0.39, 0.29) is 5.82 Å². The average Bonchev–Trinajstić information content (AvgIpc) is 2.76. The molecule has 0 aliphatic heterocycles. The summed E-state index contributed by atoms with van der Waals surface area (Å²) < 4.78 is 13.6. The van der Waals surface area contributed by atoms with Crippen LogP contribution < -0.4 is 0 Å². The molecule has 2 rings (SSSR count). The molecule has 1 aliphatic carbocycles. The van der Waals surface area contributed by atoms with Crippen molar-refractivity contribution in [3.8, 4) is 0 Å². The Labute approximate surface area is 133 Å². The molecule has 0 spiro atoms. The number of fused-ring (bicyclic) bond motifs is 1. The van der Waals surface area contributed by atoms with Crippen molar-refractivity contribution in [2.24, 2.45) is 0 Å². The van der Waals surface area contributed by atoms with Gasteiger partial charge in [-0.1, -0.05) is 43.4 Å². The van der Waals surface area contributed by atoms with Crippen LogP contribution >= 0.6 is 0 Å². The Morgan fingerprint density at radius 2 is 1.95 bits per heavy atom. The van der Waals surface area contributed by atoms with Crippen LogP contribution in [0.2, 0.25) is 0 Å². The third-order valence-corrected chi connectivity index (χ3v) is 4.15. The highest BCUT2D eigenvalue weighted by Gasteiger charge is 2.22. The molecule has 1 aliphatic rings. The van der Waals surface area contributed by atoms with E-state index >= 15 is 0 Å². The molecule has 0 saturated carbocycles. The summed E-state index contributed by atoms with van der Waals surface area (Å²) in [5.41, 5.74) is 7.88. The van der Waals surface area contributed by atoms with Crippen LogP contribution in [0, 0.1) is 5.82 Å². The quantitative estimate of drug-likeness (QED) is 0.557.